The fraction of sp³-hybridized carbons (Fsp3) is 1.00. The number of thioether (sulfide) groups is 1. The molecule has 0 aliphatic carbocycles. The molecule has 2 heterocycles. The van der Waals surface area contributed by atoms with Gasteiger partial charge in [-0.3, -0.25) is 4.90 Å². The van der Waals surface area contributed by atoms with E-state index in [1.807, 2.05) is 0 Å². The maximum atomic E-state index is 3.58. The van der Waals surface area contributed by atoms with Crippen LogP contribution in [0.25, 0.3) is 0 Å². The zero-order valence-corrected chi connectivity index (χ0v) is 10.7. The molecule has 0 aromatic rings. The summed E-state index contributed by atoms with van der Waals surface area (Å²) in [4.78, 5) is 2.74. The van der Waals surface area contributed by atoms with E-state index in [-0.39, 0.29) is 0 Å². The number of piperidine rings is 1. The first-order chi connectivity index (χ1) is 7.40. The molecule has 2 fully saturated rings. The first-order valence-corrected chi connectivity index (χ1v) is 7.61. The molecule has 0 amide bonds. The Bertz CT molecular complexity index is 172. The van der Waals surface area contributed by atoms with Crippen LogP contribution >= 0.6 is 11.8 Å². The lowest BCUT2D eigenvalue weighted by atomic mass is 10.0. The van der Waals surface area contributed by atoms with E-state index in [4.69, 9.17) is 0 Å². The second-order valence-corrected chi connectivity index (χ2v) is 5.89. The van der Waals surface area contributed by atoms with E-state index in [1.165, 1.54) is 50.3 Å². The lowest BCUT2D eigenvalue weighted by molar-refractivity contribution is 0.147. The second kappa shape index (κ2) is 6.12. The van der Waals surface area contributed by atoms with Crippen LogP contribution in [0.1, 0.15) is 32.6 Å². The summed E-state index contributed by atoms with van der Waals surface area (Å²) in [5.74, 6) is 2.77. The van der Waals surface area contributed by atoms with Gasteiger partial charge in [0, 0.05) is 17.8 Å². The highest BCUT2D eigenvalue weighted by atomic mass is 32.2. The molecule has 1 atom stereocenters. The lowest BCUT2D eigenvalue weighted by Crippen LogP contribution is -2.48. The average molecular weight is 228 g/mol. The van der Waals surface area contributed by atoms with Crippen LogP contribution in [0, 0.1) is 0 Å². The Morgan fingerprint density at radius 1 is 1.27 bits per heavy atom. The van der Waals surface area contributed by atoms with Gasteiger partial charge in [-0.1, -0.05) is 6.92 Å². The number of rotatable bonds is 3. The van der Waals surface area contributed by atoms with E-state index in [1.54, 1.807) is 0 Å². The van der Waals surface area contributed by atoms with Gasteiger partial charge in [0.2, 0.25) is 0 Å². The molecule has 2 aliphatic heterocycles. The molecule has 2 rings (SSSR count). The Balaban J connectivity index is 1.72. The van der Waals surface area contributed by atoms with E-state index in [9.17, 15) is 0 Å². The number of nitrogens with one attached hydrogen (secondary N) is 1. The predicted octanol–water partition coefficient (Wildman–Crippen LogP) is 1.96. The molecular weight excluding hydrogens is 204 g/mol. The summed E-state index contributed by atoms with van der Waals surface area (Å²) in [6.45, 7) is 5.99. The normalized spacial score (nSPS) is 30.6. The van der Waals surface area contributed by atoms with Crippen molar-refractivity contribution < 1.29 is 0 Å². The molecular formula is C12H24N2S. The van der Waals surface area contributed by atoms with Gasteiger partial charge in [-0.05, 0) is 51.1 Å². The molecule has 88 valence electrons. The summed E-state index contributed by atoms with van der Waals surface area (Å²) in [6, 6.07) is 1.69. The molecule has 1 N–H and O–H groups in total. The first kappa shape index (κ1) is 11.7. The van der Waals surface area contributed by atoms with Gasteiger partial charge < -0.3 is 5.32 Å². The quantitative estimate of drug-likeness (QED) is 0.795. The van der Waals surface area contributed by atoms with Crippen molar-refractivity contribution in [2.75, 3.05) is 31.1 Å². The Labute approximate surface area is 98.2 Å². The molecule has 0 radical (unpaired) electrons. The molecule has 0 aromatic heterocycles. The highest BCUT2D eigenvalue weighted by molar-refractivity contribution is 7.99. The molecule has 0 bridgehead atoms. The maximum absolute atomic E-state index is 3.58. The van der Waals surface area contributed by atoms with Crippen molar-refractivity contribution in [3.63, 3.8) is 0 Å². The van der Waals surface area contributed by atoms with Crippen molar-refractivity contribution in [1.29, 1.82) is 0 Å². The van der Waals surface area contributed by atoms with Crippen molar-refractivity contribution >= 4 is 11.8 Å². The molecule has 0 saturated carbocycles. The zero-order chi connectivity index (χ0) is 10.5. The van der Waals surface area contributed by atoms with Crippen LogP contribution in [0.15, 0.2) is 0 Å². The van der Waals surface area contributed by atoms with Crippen LogP contribution in [-0.2, 0) is 0 Å². The van der Waals surface area contributed by atoms with Crippen molar-refractivity contribution in [3.05, 3.63) is 0 Å². The Morgan fingerprint density at radius 2 is 2.07 bits per heavy atom. The minimum absolute atomic E-state index is 0.794. The summed E-state index contributed by atoms with van der Waals surface area (Å²) in [5.41, 5.74) is 0. The maximum Gasteiger partial charge on any atom is 0.0186 e. The Morgan fingerprint density at radius 3 is 2.67 bits per heavy atom. The topological polar surface area (TPSA) is 15.3 Å². The van der Waals surface area contributed by atoms with E-state index >= 15 is 0 Å². The monoisotopic (exact) mass is 228 g/mol. The second-order valence-electron chi connectivity index (χ2n) is 4.74. The number of hydrogen-bond donors (Lipinski definition) is 1. The van der Waals surface area contributed by atoms with Gasteiger partial charge in [0.05, 0.1) is 0 Å². The zero-order valence-electron chi connectivity index (χ0n) is 9.87. The van der Waals surface area contributed by atoms with Crippen LogP contribution in [0.5, 0.6) is 0 Å². The smallest absolute Gasteiger partial charge is 0.0186 e. The highest BCUT2D eigenvalue weighted by Gasteiger charge is 2.25. The Hall–Kier alpha value is 0.270. The van der Waals surface area contributed by atoms with Gasteiger partial charge in [0.15, 0.2) is 0 Å². The molecule has 2 saturated heterocycles. The number of hydrogen-bond acceptors (Lipinski definition) is 3. The highest BCUT2D eigenvalue weighted by Crippen LogP contribution is 2.24. The van der Waals surface area contributed by atoms with Crippen LogP contribution < -0.4 is 5.32 Å². The average Bonchev–Trinajstić information content (AvgIpc) is 2.32. The van der Waals surface area contributed by atoms with Crippen molar-refractivity contribution in [2.45, 2.75) is 44.7 Å². The lowest BCUT2D eigenvalue weighted by Gasteiger charge is -2.39. The third-order valence-electron chi connectivity index (χ3n) is 3.68. The molecule has 0 spiro atoms. The largest absolute Gasteiger partial charge is 0.314 e. The van der Waals surface area contributed by atoms with Gasteiger partial charge in [-0.2, -0.15) is 11.8 Å². The third-order valence-corrected chi connectivity index (χ3v) is 4.87. The summed E-state index contributed by atoms with van der Waals surface area (Å²) in [5, 5.41) is 3.58. The molecule has 3 heteroatoms. The minimum Gasteiger partial charge on any atom is -0.314 e. The third kappa shape index (κ3) is 3.36. The fourth-order valence-corrected chi connectivity index (χ4v) is 3.96. The molecule has 1 unspecified atom stereocenters. The van der Waals surface area contributed by atoms with Gasteiger partial charge >= 0.3 is 0 Å². The number of nitrogens with zero attached hydrogens (tertiary/aromatic N) is 1. The Kier molecular flexibility index (Phi) is 4.79. The van der Waals surface area contributed by atoms with Crippen molar-refractivity contribution in [1.82, 2.24) is 10.2 Å². The van der Waals surface area contributed by atoms with Gasteiger partial charge in [0.25, 0.3) is 0 Å². The van der Waals surface area contributed by atoms with Crippen molar-refractivity contribution in [2.24, 2.45) is 0 Å². The molecule has 2 nitrogen and oxygen atoms in total. The molecule has 0 aromatic carbocycles. The number of likely N-dealkylation sites (tertiary alicyclic amines) is 1. The van der Waals surface area contributed by atoms with Gasteiger partial charge in [-0.25, -0.2) is 0 Å². The van der Waals surface area contributed by atoms with E-state index in [0.717, 1.165) is 18.6 Å². The molecule has 15 heavy (non-hydrogen) atoms. The van der Waals surface area contributed by atoms with Crippen LogP contribution in [-0.4, -0.2) is 48.1 Å². The first-order valence-electron chi connectivity index (χ1n) is 6.45. The van der Waals surface area contributed by atoms with E-state index in [2.05, 4.69) is 28.9 Å². The molecule has 2 aliphatic rings. The SMILES string of the molecule is CCNC1CCN(C2CCCSC2)CC1. The standard InChI is InChI=1S/C12H24N2S/c1-2-13-11-5-7-14(8-6-11)12-4-3-9-15-10-12/h11-13H,2-10H2,1H3. The minimum atomic E-state index is 0.794. The van der Waals surface area contributed by atoms with Gasteiger partial charge in [0.1, 0.15) is 0 Å². The summed E-state index contributed by atoms with van der Waals surface area (Å²) >= 11 is 2.15. The summed E-state index contributed by atoms with van der Waals surface area (Å²) in [7, 11) is 0. The fourth-order valence-electron chi connectivity index (χ4n) is 2.77. The van der Waals surface area contributed by atoms with Crippen LogP contribution in [0.2, 0.25) is 0 Å². The predicted molar refractivity (Wildman–Crippen MR) is 68.6 cm³/mol. The van der Waals surface area contributed by atoms with E-state index in [0.29, 0.717) is 0 Å². The van der Waals surface area contributed by atoms with Crippen molar-refractivity contribution in [3.8, 4) is 0 Å². The summed E-state index contributed by atoms with van der Waals surface area (Å²) < 4.78 is 0. The van der Waals surface area contributed by atoms with Gasteiger partial charge in [-0.15, -0.1) is 0 Å². The van der Waals surface area contributed by atoms with Crippen LogP contribution in [0.4, 0.5) is 0 Å². The van der Waals surface area contributed by atoms with E-state index < -0.39 is 0 Å². The van der Waals surface area contributed by atoms with Crippen LogP contribution in [0.3, 0.4) is 0 Å². The summed E-state index contributed by atoms with van der Waals surface area (Å²) in [6.07, 6.45) is 5.59.